The minimum absolute atomic E-state index is 0.162. The van der Waals surface area contributed by atoms with Gasteiger partial charge in [-0.2, -0.15) is 0 Å². The fraction of sp³-hybridized carbons (Fsp3) is 0.167. The third kappa shape index (κ3) is 1.81. The predicted molar refractivity (Wildman–Crippen MR) is 31.6 cm³/mol. The number of rotatable bonds is 2. The second-order valence-electron chi connectivity index (χ2n) is 1.72. The lowest BCUT2D eigenvalue weighted by atomic mass is 10.4. The van der Waals surface area contributed by atoms with Crippen molar-refractivity contribution >= 4 is 6.09 Å². The van der Waals surface area contributed by atoms with Crippen molar-refractivity contribution in [2.24, 2.45) is 0 Å². The molecule has 1 aromatic rings. The highest BCUT2D eigenvalue weighted by Gasteiger charge is 1.98. The molecular formula is C6H6NO3. The third-order valence-electron chi connectivity index (χ3n) is 0.987. The second kappa shape index (κ2) is 2.91. The van der Waals surface area contributed by atoms with Gasteiger partial charge in [-0.3, -0.25) is 0 Å². The number of hydrogen-bond donors (Lipinski definition) is 1. The maximum Gasteiger partial charge on any atom is 0.450 e. The highest BCUT2D eigenvalue weighted by atomic mass is 16.4. The normalized spacial score (nSPS) is 9.20. The van der Waals surface area contributed by atoms with Crippen molar-refractivity contribution in [3.8, 4) is 0 Å². The molecule has 0 aliphatic rings. The van der Waals surface area contributed by atoms with Crippen LogP contribution in [0.25, 0.3) is 0 Å². The summed E-state index contributed by atoms with van der Waals surface area (Å²) in [4.78, 5) is 9.83. The quantitative estimate of drug-likeness (QED) is 0.663. The molecule has 1 radical (unpaired) electrons. The molecule has 1 amide bonds. The number of amides is 1. The Labute approximate surface area is 57.5 Å². The SMILES string of the molecule is [O]C(=O)NCc1ccco1. The summed E-state index contributed by atoms with van der Waals surface area (Å²) in [6, 6.07) is 3.36. The van der Waals surface area contributed by atoms with E-state index < -0.39 is 6.09 Å². The van der Waals surface area contributed by atoms with E-state index >= 15 is 0 Å². The minimum atomic E-state index is -1.29. The fourth-order valence-corrected chi connectivity index (χ4v) is 0.572. The molecule has 4 heteroatoms. The van der Waals surface area contributed by atoms with Gasteiger partial charge >= 0.3 is 6.09 Å². The van der Waals surface area contributed by atoms with Crippen LogP contribution in [0.5, 0.6) is 0 Å². The van der Waals surface area contributed by atoms with Crippen LogP contribution in [-0.2, 0) is 11.7 Å². The van der Waals surface area contributed by atoms with Crippen LogP contribution in [0, 0.1) is 0 Å². The molecular weight excluding hydrogens is 134 g/mol. The van der Waals surface area contributed by atoms with Gasteiger partial charge in [-0.1, -0.05) is 0 Å². The first-order chi connectivity index (χ1) is 4.79. The van der Waals surface area contributed by atoms with Crippen LogP contribution in [0.15, 0.2) is 22.8 Å². The average Bonchev–Trinajstić information content (AvgIpc) is 2.34. The maximum absolute atomic E-state index is 9.83. The number of hydrogen-bond acceptors (Lipinski definition) is 2. The zero-order valence-electron chi connectivity index (χ0n) is 5.16. The molecule has 0 saturated carbocycles. The molecule has 0 spiro atoms. The molecule has 0 fully saturated rings. The molecule has 10 heavy (non-hydrogen) atoms. The van der Waals surface area contributed by atoms with Gasteiger partial charge in [0, 0.05) is 0 Å². The van der Waals surface area contributed by atoms with Crippen molar-refractivity contribution in [2.45, 2.75) is 6.54 Å². The van der Waals surface area contributed by atoms with Gasteiger partial charge in [0.05, 0.1) is 12.8 Å². The third-order valence-corrected chi connectivity index (χ3v) is 0.987. The summed E-state index contributed by atoms with van der Waals surface area (Å²) in [5, 5.41) is 11.9. The van der Waals surface area contributed by atoms with E-state index in [9.17, 15) is 9.90 Å². The van der Waals surface area contributed by atoms with Crippen LogP contribution in [0.2, 0.25) is 0 Å². The topological polar surface area (TPSA) is 62.1 Å². The van der Waals surface area contributed by atoms with Crippen LogP contribution < -0.4 is 5.32 Å². The molecule has 0 unspecified atom stereocenters. The van der Waals surface area contributed by atoms with Gasteiger partial charge < -0.3 is 9.73 Å². The molecule has 53 valence electrons. The van der Waals surface area contributed by atoms with Crippen molar-refractivity contribution in [1.82, 2.24) is 5.32 Å². The zero-order chi connectivity index (χ0) is 7.40. The largest absolute Gasteiger partial charge is 0.467 e. The Bertz CT molecular complexity index is 205. The van der Waals surface area contributed by atoms with Gasteiger partial charge in [0.25, 0.3) is 0 Å². The average molecular weight is 140 g/mol. The molecule has 0 aliphatic heterocycles. The van der Waals surface area contributed by atoms with Crippen LogP contribution in [0.1, 0.15) is 5.76 Å². The van der Waals surface area contributed by atoms with Gasteiger partial charge in [0.1, 0.15) is 5.76 Å². The number of carbonyl (C=O) groups is 1. The lowest BCUT2D eigenvalue weighted by Gasteiger charge is -1.92. The highest BCUT2D eigenvalue weighted by molar-refractivity contribution is 5.63. The van der Waals surface area contributed by atoms with Gasteiger partial charge in [0.2, 0.25) is 0 Å². The summed E-state index contributed by atoms with van der Waals surface area (Å²) in [7, 11) is 0. The van der Waals surface area contributed by atoms with Crippen LogP contribution in [-0.4, -0.2) is 6.09 Å². The second-order valence-corrected chi connectivity index (χ2v) is 1.72. The van der Waals surface area contributed by atoms with E-state index in [1.54, 1.807) is 12.1 Å². The van der Waals surface area contributed by atoms with E-state index in [4.69, 9.17) is 4.42 Å². The number of nitrogens with one attached hydrogen (secondary N) is 1. The molecule has 0 bridgehead atoms. The van der Waals surface area contributed by atoms with Crippen molar-refractivity contribution in [1.29, 1.82) is 0 Å². The van der Waals surface area contributed by atoms with Gasteiger partial charge in [-0.05, 0) is 12.1 Å². The molecule has 0 aliphatic carbocycles. The van der Waals surface area contributed by atoms with E-state index in [-0.39, 0.29) is 6.54 Å². The molecule has 0 saturated heterocycles. The van der Waals surface area contributed by atoms with E-state index in [0.29, 0.717) is 5.76 Å². The molecule has 1 N–H and O–H groups in total. The summed E-state index contributed by atoms with van der Waals surface area (Å²) in [5.41, 5.74) is 0. The Morgan fingerprint density at radius 2 is 2.50 bits per heavy atom. The molecule has 1 heterocycles. The fourth-order valence-electron chi connectivity index (χ4n) is 0.572. The maximum atomic E-state index is 9.83. The Morgan fingerprint density at radius 1 is 1.70 bits per heavy atom. The van der Waals surface area contributed by atoms with Gasteiger partial charge in [0.15, 0.2) is 0 Å². The molecule has 0 atom stereocenters. The van der Waals surface area contributed by atoms with Crippen LogP contribution in [0.3, 0.4) is 0 Å². The highest BCUT2D eigenvalue weighted by Crippen LogP contribution is 1.97. The molecule has 1 rings (SSSR count). The van der Waals surface area contributed by atoms with E-state index in [1.807, 2.05) is 0 Å². The minimum Gasteiger partial charge on any atom is -0.467 e. The van der Waals surface area contributed by atoms with Crippen molar-refractivity contribution in [3.05, 3.63) is 24.2 Å². The zero-order valence-corrected chi connectivity index (χ0v) is 5.16. The number of carbonyl (C=O) groups excluding carboxylic acids is 1. The monoisotopic (exact) mass is 140 g/mol. The standard InChI is InChI=1S/C6H6NO3/c8-6(9)7-4-5-2-1-3-10-5/h1-3,7H,4H2. The predicted octanol–water partition coefficient (Wildman–Crippen LogP) is 0.920. The first-order valence-corrected chi connectivity index (χ1v) is 2.76. The summed E-state index contributed by atoms with van der Waals surface area (Å²) in [5.74, 6) is 0.573. The van der Waals surface area contributed by atoms with Crippen molar-refractivity contribution in [3.63, 3.8) is 0 Å². The lowest BCUT2D eigenvalue weighted by Crippen LogP contribution is -2.18. The van der Waals surface area contributed by atoms with E-state index in [2.05, 4.69) is 5.32 Å². The molecule has 0 aromatic carbocycles. The Kier molecular flexibility index (Phi) is 1.94. The summed E-state index contributed by atoms with van der Waals surface area (Å²) < 4.78 is 4.83. The lowest BCUT2D eigenvalue weighted by molar-refractivity contribution is 0.167. The van der Waals surface area contributed by atoms with Crippen molar-refractivity contribution in [2.75, 3.05) is 0 Å². The van der Waals surface area contributed by atoms with Crippen molar-refractivity contribution < 1.29 is 14.3 Å². The Balaban J connectivity index is 2.35. The summed E-state index contributed by atoms with van der Waals surface area (Å²) in [6.07, 6.45) is 0.183. The first-order valence-electron chi connectivity index (χ1n) is 2.76. The number of furan rings is 1. The van der Waals surface area contributed by atoms with E-state index in [0.717, 1.165) is 0 Å². The Hall–Kier alpha value is -1.45. The summed E-state index contributed by atoms with van der Waals surface area (Å²) >= 11 is 0. The van der Waals surface area contributed by atoms with Gasteiger partial charge in [-0.25, -0.2) is 9.90 Å². The van der Waals surface area contributed by atoms with Gasteiger partial charge in [-0.15, -0.1) is 0 Å². The van der Waals surface area contributed by atoms with Crippen LogP contribution in [0.4, 0.5) is 4.79 Å². The smallest absolute Gasteiger partial charge is 0.450 e. The Morgan fingerprint density at radius 3 is 3.00 bits per heavy atom. The first kappa shape index (κ1) is 6.67. The molecule has 1 aromatic heterocycles. The molecule has 4 nitrogen and oxygen atoms in total. The van der Waals surface area contributed by atoms with E-state index in [1.165, 1.54) is 6.26 Å². The van der Waals surface area contributed by atoms with Crippen LogP contribution >= 0.6 is 0 Å². The summed E-state index contributed by atoms with van der Waals surface area (Å²) in [6.45, 7) is 0.162.